The van der Waals surface area contributed by atoms with Crippen molar-refractivity contribution < 1.29 is 24.3 Å². The second-order valence-electron chi connectivity index (χ2n) is 9.77. The number of carboxylic acids is 1. The van der Waals surface area contributed by atoms with Crippen LogP contribution < -0.4 is 16.4 Å². The lowest BCUT2D eigenvalue weighted by molar-refractivity contribution is -0.143. The number of carbonyl (C=O) groups is 4. The van der Waals surface area contributed by atoms with Crippen molar-refractivity contribution in [3.63, 3.8) is 0 Å². The first kappa shape index (κ1) is 28.5. The summed E-state index contributed by atoms with van der Waals surface area (Å²) in [5.41, 5.74) is 7.70. The molecule has 2 aromatic rings. The lowest BCUT2D eigenvalue weighted by Gasteiger charge is -2.29. The number of amides is 3. The van der Waals surface area contributed by atoms with Gasteiger partial charge in [0.2, 0.25) is 17.7 Å². The highest BCUT2D eigenvalue weighted by molar-refractivity contribution is 7.98. The predicted octanol–water partition coefficient (Wildman–Crippen LogP) is 1.49. The van der Waals surface area contributed by atoms with Gasteiger partial charge in [0.05, 0.1) is 6.04 Å². The molecular weight excluding hydrogens is 494 g/mol. The highest BCUT2D eigenvalue weighted by Crippen LogP contribution is 2.21. The fourth-order valence-corrected chi connectivity index (χ4v) is 5.02. The molecule has 6 N–H and O–H groups in total. The number of rotatable bonds is 12. The molecule has 10 nitrogen and oxygen atoms in total. The summed E-state index contributed by atoms with van der Waals surface area (Å²) in [5, 5.41) is 16.1. The van der Waals surface area contributed by atoms with Crippen molar-refractivity contribution in [2.24, 2.45) is 11.7 Å². The number of aromatic amines is 1. The number of aromatic nitrogens is 1. The number of para-hydroxylation sites is 1. The SMILES string of the molecule is CSCCC(NC(=O)C1CCCN1C(=O)C(N)C(C)C)C(=O)NC(Cc1c[nH]c2ccccc12)C(=O)O. The molecule has 3 amide bonds. The van der Waals surface area contributed by atoms with E-state index < -0.39 is 42.0 Å². The van der Waals surface area contributed by atoms with Gasteiger partial charge in [0, 0.05) is 30.1 Å². The minimum Gasteiger partial charge on any atom is -0.480 e. The minimum absolute atomic E-state index is 0.0676. The minimum atomic E-state index is -1.17. The summed E-state index contributed by atoms with van der Waals surface area (Å²) >= 11 is 1.52. The molecule has 4 atom stereocenters. The summed E-state index contributed by atoms with van der Waals surface area (Å²) < 4.78 is 0. The van der Waals surface area contributed by atoms with E-state index in [2.05, 4.69) is 15.6 Å². The molecular formula is C26H37N5O5S. The van der Waals surface area contributed by atoms with Crippen LogP contribution in [0.25, 0.3) is 10.9 Å². The molecule has 1 saturated heterocycles. The number of carbonyl (C=O) groups excluding carboxylic acids is 3. The number of hydrogen-bond acceptors (Lipinski definition) is 6. The Hall–Kier alpha value is -3.05. The van der Waals surface area contributed by atoms with Crippen LogP contribution in [0.3, 0.4) is 0 Å². The molecule has 1 aliphatic heterocycles. The van der Waals surface area contributed by atoms with Crippen LogP contribution in [0.5, 0.6) is 0 Å². The normalized spacial score (nSPS) is 18.0. The topological polar surface area (TPSA) is 158 Å². The number of benzene rings is 1. The maximum Gasteiger partial charge on any atom is 0.326 e. The number of nitrogens with one attached hydrogen (secondary N) is 3. The lowest BCUT2D eigenvalue weighted by atomic mass is 10.0. The fraction of sp³-hybridized carbons (Fsp3) is 0.538. The second-order valence-corrected chi connectivity index (χ2v) is 10.8. The summed E-state index contributed by atoms with van der Waals surface area (Å²) in [7, 11) is 0. The molecule has 1 aromatic carbocycles. The Bertz CT molecular complexity index is 1120. The summed E-state index contributed by atoms with van der Waals surface area (Å²) in [5.74, 6) is -1.91. The van der Waals surface area contributed by atoms with Gasteiger partial charge >= 0.3 is 5.97 Å². The van der Waals surface area contributed by atoms with Crippen LogP contribution in [0.1, 0.15) is 38.7 Å². The number of fused-ring (bicyclic) bond motifs is 1. The molecule has 37 heavy (non-hydrogen) atoms. The van der Waals surface area contributed by atoms with E-state index in [4.69, 9.17) is 5.73 Å². The van der Waals surface area contributed by atoms with Crippen LogP contribution in [-0.2, 0) is 25.6 Å². The number of hydrogen-bond donors (Lipinski definition) is 5. The molecule has 2 heterocycles. The van der Waals surface area contributed by atoms with Crippen molar-refractivity contribution >= 4 is 46.4 Å². The van der Waals surface area contributed by atoms with Crippen LogP contribution in [0.2, 0.25) is 0 Å². The van der Waals surface area contributed by atoms with Crippen molar-refractivity contribution in [1.82, 2.24) is 20.5 Å². The number of nitrogens with two attached hydrogens (primary N) is 1. The third-order valence-corrected chi connectivity index (χ3v) is 7.44. The molecule has 3 rings (SSSR count). The molecule has 11 heteroatoms. The Morgan fingerprint density at radius 1 is 1.19 bits per heavy atom. The van der Waals surface area contributed by atoms with Gasteiger partial charge in [-0.3, -0.25) is 14.4 Å². The van der Waals surface area contributed by atoms with Gasteiger partial charge in [0.15, 0.2) is 0 Å². The molecule has 0 aliphatic carbocycles. The van der Waals surface area contributed by atoms with Gasteiger partial charge in [0.25, 0.3) is 0 Å². The largest absolute Gasteiger partial charge is 0.480 e. The summed E-state index contributed by atoms with van der Waals surface area (Å²) in [4.78, 5) is 55.9. The van der Waals surface area contributed by atoms with E-state index >= 15 is 0 Å². The number of aliphatic carboxylic acids is 1. The van der Waals surface area contributed by atoms with Gasteiger partial charge in [-0.2, -0.15) is 11.8 Å². The van der Waals surface area contributed by atoms with Crippen LogP contribution in [0, 0.1) is 5.92 Å². The Morgan fingerprint density at radius 3 is 2.59 bits per heavy atom. The zero-order valence-electron chi connectivity index (χ0n) is 21.5. The van der Waals surface area contributed by atoms with E-state index in [0.29, 0.717) is 31.6 Å². The van der Waals surface area contributed by atoms with Crippen LogP contribution in [0.15, 0.2) is 30.5 Å². The second kappa shape index (κ2) is 13.0. The molecule has 0 saturated carbocycles. The number of H-pyrrole nitrogens is 1. The van der Waals surface area contributed by atoms with Crippen LogP contribution in [-0.4, -0.2) is 81.4 Å². The Kier molecular flexibility index (Phi) is 9.99. The fourth-order valence-electron chi connectivity index (χ4n) is 4.54. The zero-order valence-corrected chi connectivity index (χ0v) is 22.3. The number of nitrogens with zero attached hydrogens (tertiary/aromatic N) is 1. The number of likely N-dealkylation sites (tertiary alicyclic amines) is 1. The Balaban J connectivity index is 1.71. The molecule has 1 fully saturated rings. The van der Waals surface area contributed by atoms with Crippen molar-refractivity contribution in [3.05, 3.63) is 36.0 Å². The van der Waals surface area contributed by atoms with Gasteiger partial charge in [-0.05, 0) is 48.8 Å². The first-order valence-electron chi connectivity index (χ1n) is 12.6. The van der Waals surface area contributed by atoms with Gasteiger partial charge in [0.1, 0.15) is 18.1 Å². The third-order valence-electron chi connectivity index (χ3n) is 6.80. The van der Waals surface area contributed by atoms with Gasteiger partial charge in [-0.1, -0.05) is 32.0 Å². The van der Waals surface area contributed by atoms with Crippen molar-refractivity contribution in [3.8, 4) is 0 Å². The average Bonchev–Trinajstić information content (AvgIpc) is 3.52. The molecule has 0 bridgehead atoms. The standard InChI is InChI=1S/C26H37N5O5S/c1-15(2)22(27)25(34)31-11-6-9-21(31)24(33)29-19(10-12-37-3)23(32)30-20(26(35)36)13-16-14-28-18-8-5-4-7-17(16)18/h4-5,7-8,14-15,19-22,28H,6,9-13,27H2,1-3H3,(H,29,33)(H,30,32)(H,35,36). The zero-order chi connectivity index (χ0) is 27.1. The first-order valence-corrected chi connectivity index (χ1v) is 14.0. The third kappa shape index (κ3) is 7.04. The van der Waals surface area contributed by atoms with Crippen LogP contribution >= 0.6 is 11.8 Å². The van der Waals surface area contributed by atoms with E-state index in [0.717, 1.165) is 16.5 Å². The van der Waals surface area contributed by atoms with Gasteiger partial charge in [-0.25, -0.2) is 4.79 Å². The van der Waals surface area contributed by atoms with E-state index in [1.54, 1.807) is 6.20 Å². The van der Waals surface area contributed by atoms with Crippen molar-refractivity contribution in [1.29, 1.82) is 0 Å². The number of thioether (sulfide) groups is 1. The van der Waals surface area contributed by atoms with E-state index in [1.165, 1.54) is 16.7 Å². The smallest absolute Gasteiger partial charge is 0.326 e. The first-order chi connectivity index (χ1) is 17.6. The lowest BCUT2D eigenvalue weighted by Crippen LogP contribution is -2.57. The van der Waals surface area contributed by atoms with Crippen LogP contribution in [0.4, 0.5) is 0 Å². The Labute approximate surface area is 221 Å². The highest BCUT2D eigenvalue weighted by atomic mass is 32.2. The summed E-state index contributed by atoms with van der Waals surface area (Å²) in [6.45, 7) is 4.14. The van der Waals surface area contributed by atoms with E-state index in [-0.39, 0.29) is 18.2 Å². The van der Waals surface area contributed by atoms with E-state index in [9.17, 15) is 24.3 Å². The maximum absolute atomic E-state index is 13.2. The van der Waals surface area contributed by atoms with Crippen molar-refractivity contribution in [2.75, 3.05) is 18.6 Å². The molecule has 1 aromatic heterocycles. The Morgan fingerprint density at radius 2 is 1.92 bits per heavy atom. The predicted molar refractivity (Wildman–Crippen MR) is 144 cm³/mol. The monoisotopic (exact) mass is 531 g/mol. The number of carboxylic acid groups (broad SMARTS) is 1. The molecule has 4 unspecified atom stereocenters. The summed E-state index contributed by atoms with van der Waals surface area (Å²) in [6, 6.07) is 4.03. The highest BCUT2D eigenvalue weighted by Gasteiger charge is 2.38. The molecule has 1 aliphatic rings. The molecule has 0 spiro atoms. The molecule has 0 radical (unpaired) electrons. The van der Waals surface area contributed by atoms with Gasteiger partial charge < -0.3 is 31.4 Å². The average molecular weight is 532 g/mol. The maximum atomic E-state index is 13.2. The van der Waals surface area contributed by atoms with E-state index in [1.807, 2.05) is 44.4 Å². The summed E-state index contributed by atoms with van der Waals surface area (Å²) in [6.07, 6.45) is 5.20. The quantitative estimate of drug-likeness (QED) is 0.278. The van der Waals surface area contributed by atoms with Gasteiger partial charge in [-0.15, -0.1) is 0 Å². The van der Waals surface area contributed by atoms with Crippen molar-refractivity contribution in [2.45, 2.75) is 63.7 Å². The molecule has 202 valence electrons.